The van der Waals surface area contributed by atoms with Gasteiger partial charge in [-0.15, -0.1) is 0 Å². The van der Waals surface area contributed by atoms with E-state index in [0.29, 0.717) is 25.1 Å². The van der Waals surface area contributed by atoms with Gasteiger partial charge in [0.15, 0.2) is 0 Å². The monoisotopic (exact) mass is 1390 g/mol. The first-order chi connectivity index (χ1) is 47.4. The van der Waals surface area contributed by atoms with Crippen LogP contribution in [0.3, 0.4) is 0 Å². The van der Waals surface area contributed by atoms with Crippen LogP contribution in [0.1, 0.15) is 128 Å². The fourth-order valence-corrected chi connectivity index (χ4v) is 10.9. The third-order valence-electron chi connectivity index (χ3n) is 16.3. The number of unbranched alkanes of at least 4 members (excludes halogenated alkanes) is 4. The summed E-state index contributed by atoms with van der Waals surface area (Å²) in [6.07, 6.45) is 2.92. The standard InChI is InChI=1S/C67H107N19O13/c1-41(2)37-53-64(96)79-48(23-29-69)58(90)78-51(26-32-72)63(95)84-56(42(3)87)66(98)75-35-27-52(61(93)77-49(24-30-70)60(92)83-54(65(97)82-53)38-44-17-9-8-10-18-44)80-59(91)50(25-31-71)81-67(99)57(43(4)88)85-62(94)47(22-28-68)76-55(89)21-11-6-5-7-16-36-86(39-45-19-12-14-33-73-45)40-46-20-13-15-34-74-46/h8-10,12-15,17-20,33-34,41-43,47-54,56-57,87-88H,5-7,11,16,21-32,35-40,68-72H2,1-4H3,(H,75,98)(H,76,89)(H,77,93)(H,78,90)(H,79,96)(H,80,91)(H,81,99)(H,82,97)(H,83,92)(H,84,95)(H,85,94)/t42-,43-,47+,48+,49+,50+,51+,52+,53+,54-,56+,57+/m1/s1. The highest BCUT2D eigenvalue weighted by molar-refractivity contribution is 5.99. The molecule has 0 aliphatic carbocycles. The number of nitrogens with zero attached hydrogens (tertiary/aromatic N) is 3. The van der Waals surface area contributed by atoms with Gasteiger partial charge in [0.05, 0.1) is 23.6 Å². The number of nitrogens with two attached hydrogens (primary N) is 5. The molecule has 1 aromatic carbocycles. The third-order valence-corrected chi connectivity index (χ3v) is 16.3. The number of aliphatic hydroxyl groups excluding tert-OH is 2. The maximum atomic E-state index is 14.6. The molecule has 3 heterocycles. The lowest BCUT2D eigenvalue weighted by Gasteiger charge is -2.29. The molecule has 1 fully saturated rings. The number of carbonyl (C=O) groups excluding carboxylic acids is 11. The van der Waals surface area contributed by atoms with Crippen LogP contribution in [-0.2, 0) is 72.3 Å². The molecule has 32 heteroatoms. The van der Waals surface area contributed by atoms with E-state index in [1.807, 2.05) is 36.4 Å². The van der Waals surface area contributed by atoms with E-state index in [1.165, 1.54) is 13.8 Å². The average Bonchev–Trinajstić information content (AvgIpc) is 1.34. The molecule has 0 radical (unpaired) electrons. The lowest BCUT2D eigenvalue weighted by Crippen LogP contribution is -2.62. The van der Waals surface area contributed by atoms with Crippen molar-refractivity contribution < 1.29 is 63.0 Å². The van der Waals surface area contributed by atoms with E-state index < -0.39 is 151 Å². The van der Waals surface area contributed by atoms with E-state index in [4.69, 9.17) is 28.7 Å². The van der Waals surface area contributed by atoms with Gasteiger partial charge in [-0.2, -0.15) is 0 Å². The third kappa shape index (κ3) is 30.2. The molecule has 0 bridgehead atoms. The quantitative estimate of drug-likeness (QED) is 0.0249. The van der Waals surface area contributed by atoms with Gasteiger partial charge in [0.1, 0.15) is 60.4 Å². The van der Waals surface area contributed by atoms with Crippen molar-refractivity contribution in [2.75, 3.05) is 45.8 Å². The van der Waals surface area contributed by atoms with Crippen molar-refractivity contribution in [1.82, 2.24) is 73.4 Å². The van der Waals surface area contributed by atoms with Crippen molar-refractivity contribution in [3.8, 4) is 0 Å². The summed E-state index contributed by atoms with van der Waals surface area (Å²) < 4.78 is 0. The second kappa shape index (κ2) is 45.1. The predicted molar refractivity (Wildman–Crippen MR) is 369 cm³/mol. The highest BCUT2D eigenvalue weighted by Gasteiger charge is 2.38. The molecule has 12 atom stereocenters. The number of aliphatic hydroxyl groups is 2. The van der Waals surface area contributed by atoms with E-state index in [9.17, 15) is 63.0 Å². The number of carbonyl (C=O) groups is 11. The molecule has 4 rings (SSSR count). The van der Waals surface area contributed by atoms with Crippen LogP contribution in [0, 0.1) is 5.92 Å². The molecular formula is C67H107N19O13. The Bertz CT molecular complexity index is 2970. The van der Waals surface area contributed by atoms with E-state index in [2.05, 4.69) is 73.4 Å². The molecule has 1 aliphatic heterocycles. The molecule has 0 unspecified atom stereocenters. The van der Waals surface area contributed by atoms with Crippen LogP contribution >= 0.6 is 0 Å². The van der Waals surface area contributed by atoms with Crippen molar-refractivity contribution in [1.29, 1.82) is 0 Å². The van der Waals surface area contributed by atoms with Gasteiger partial charge in [-0.1, -0.05) is 75.6 Å². The summed E-state index contributed by atoms with van der Waals surface area (Å²) in [5.74, 6) is -10.1. The Labute approximate surface area is 578 Å². The molecule has 99 heavy (non-hydrogen) atoms. The second-order valence-electron chi connectivity index (χ2n) is 25.2. The second-order valence-corrected chi connectivity index (χ2v) is 25.2. The number of rotatable bonds is 35. The molecular weight excluding hydrogens is 1280 g/mol. The Morgan fingerprint density at radius 3 is 1.54 bits per heavy atom. The fourth-order valence-electron chi connectivity index (χ4n) is 10.9. The number of hydrogen-bond acceptors (Lipinski definition) is 21. The van der Waals surface area contributed by atoms with Gasteiger partial charge < -0.3 is 97.4 Å². The number of benzene rings is 1. The van der Waals surface area contributed by atoms with Crippen LogP contribution in [0.2, 0.25) is 0 Å². The van der Waals surface area contributed by atoms with Crippen LogP contribution in [0.15, 0.2) is 79.1 Å². The van der Waals surface area contributed by atoms with Crippen LogP contribution in [0.25, 0.3) is 0 Å². The lowest BCUT2D eigenvalue weighted by atomic mass is 10.00. The molecule has 2 aromatic heterocycles. The summed E-state index contributed by atoms with van der Waals surface area (Å²) in [6, 6.07) is 5.23. The molecule has 3 aromatic rings. The van der Waals surface area contributed by atoms with E-state index in [-0.39, 0.29) is 90.0 Å². The van der Waals surface area contributed by atoms with Gasteiger partial charge in [0, 0.05) is 44.9 Å². The van der Waals surface area contributed by atoms with E-state index in [1.54, 1.807) is 56.6 Å². The average molecular weight is 1390 g/mol. The number of aromatic nitrogens is 2. The maximum Gasteiger partial charge on any atom is 0.245 e. The van der Waals surface area contributed by atoms with Gasteiger partial charge in [0.25, 0.3) is 0 Å². The predicted octanol–water partition coefficient (Wildman–Crippen LogP) is -4.02. The topological polar surface area (TPSA) is 520 Å². The zero-order valence-electron chi connectivity index (χ0n) is 57.4. The van der Waals surface area contributed by atoms with Gasteiger partial charge >= 0.3 is 0 Å². The summed E-state index contributed by atoms with van der Waals surface area (Å²) in [5.41, 5.74) is 32.1. The lowest BCUT2D eigenvalue weighted by molar-refractivity contribution is -0.137. The number of nitrogens with one attached hydrogen (secondary N) is 11. The van der Waals surface area contributed by atoms with Crippen molar-refractivity contribution in [3.05, 3.63) is 96.1 Å². The van der Waals surface area contributed by atoms with Gasteiger partial charge in [-0.3, -0.25) is 67.6 Å². The highest BCUT2D eigenvalue weighted by atomic mass is 16.3. The van der Waals surface area contributed by atoms with Crippen molar-refractivity contribution in [2.45, 2.75) is 203 Å². The van der Waals surface area contributed by atoms with Crippen molar-refractivity contribution in [2.24, 2.45) is 34.6 Å². The highest BCUT2D eigenvalue weighted by Crippen LogP contribution is 2.15. The van der Waals surface area contributed by atoms with Crippen LogP contribution in [0.5, 0.6) is 0 Å². The Morgan fingerprint density at radius 2 is 1.02 bits per heavy atom. The maximum absolute atomic E-state index is 14.6. The minimum absolute atomic E-state index is 0.0391. The fraction of sp³-hybridized carbons (Fsp3) is 0.597. The van der Waals surface area contributed by atoms with Gasteiger partial charge in [-0.05, 0) is 147 Å². The molecule has 23 N–H and O–H groups in total. The first-order valence-electron chi connectivity index (χ1n) is 34.1. The largest absolute Gasteiger partial charge is 0.391 e. The summed E-state index contributed by atoms with van der Waals surface area (Å²) in [6.45, 7) is 6.88. The number of amides is 11. The van der Waals surface area contributed by atoms with E-state index in [0.717, 1.165) is 43.6 Å². The summed E-state index contributed by atoms with van der Waals surface area (Å²) >= 11 is 0. The minimum atomic E-state index is -1.73. The van der Waals surface area contributed by atoms with Crippen molar-refractivity contribution >= 4 is 65.0 Å². The Morgan fingerprint density at radius 1 is 0.535 bits per heavy atom. The molecule has 548 valence electrons. The van der Waals surface area contributed by atoms with Gasteiger partial charge in [-0.25, -0.2) is 0 Å². The van der Waals surface area contributed by atoms with Crippen LogP contribution < -0.4 is 87.2 Å². The van der Waals surface area contributed by atoms with Crippen molar-refractivity contribution in [3.63, 3.8) is 0 Å². The summed E-state index contributed by atoms with van der Waals surface area (Å²) in [5, 5.41) is 50.1. The zero-order valence-corrected chi connectivity index (χ0v) is 57.4. The normalized spacial score (nSPS) is 21.0. The van der Waals surface area contributed by atoms with Gasteiger partial charge in [0.2, 0.25) is 65.0 Å². The first-order valence-corrected chi connectivity index (χ1v) is 34.1. The Hall–Kier alpha value is -8.63. The molecule has 0 saturated carbocycles. The first kappa shape index (κ1) is 82.8. The molecule has 1 aliphatic rings. The number of hydrogen-bond donors (Lipinski definition) is 18. The zero-order chi connectivity index (χ0) is 72.8. The van der Waals surface area contributed by atoms with Crippen LogP contribution in [-0.4, -0.2) is 208 Å². The minimum Gasteiger partial charge on any atom is -0.391 e. The number of pyridine rings is 2. The Balaban J connectivity index is 1.55. The molecule has 1 saturated heterocycles. The SMILES string of the molecule is CC(C)C[C@@H]1NC(=O)[C@@H](Cc2ccccc2)NC(=O)[C@H](CCN)NC(=O)[C@@H](NC(=O)[C@H](CCN)NC(=O)[C@@H](NC(=O)[C@H](CCN)NC(=O)CCCCCCCN(Cc2ccccn2)Cc2ccccn2)[C@@H](C)O)CCNC(=O)[C@H]([C@@H](C)O)NC(=O)[C@H](CCN)NC(=O)[C@H](CCN)NC1=O. The Kier molecular flexibility index (Phi) is 37.7. The molecule has 32 nitrogen and oxygen atoms in total. The van der Waals surface area contributed by atoms with E-state index >= 15 is 0 Å². The summed E-state index contributed by atoms with van der Waals surface area (Å²) in [4.78, 5) is 167. The smallest absolute Gasteiger partial charge is 0.245 e. The molecule has 11 amide bonds. The summed E-state index contributed by atoms with van der Waals surface area (Å²) in [7, 11) is 0. The van der Waals surface area contributed by atoms with Crippen LogP contribution in [0.4, 0.5) is 0 Å². The molecule has 0 spiro atoms.